The Kier molecular flexibility index (Phi) is 4.30. The number of ketones is 1. The van der Waals surface area contributed by atoms with Gasteiger partial charge < -0.3 is 0 Å². The summed E-state index contributed by atoms with van der Waals surface area (Å²) in [5, 5.41) is 0.263. The van der Waals surface area contributed by atoms with Gasteiger partial charge in [-0.25, -0.2) is 13.1 Å². The van der Waals surface area contributed by atoms with E-state index in [1.165, 1.54) is 25.2 Å². The first-order chi connectivity index (χ1) is 7.79. The minimum absolute atomic E-state index is 0.0356. The molecule has 0 aliphatic carbocycles. The fourth-order valence-electron chi connectivity index (χ4n) is 1.29. The first-order valence-corrected chi connectivity index (χ1v) is 6.93. The van der Waals surface area contributed by atoms with Gasteiger partial charge in [-0.2, -0.15) is 0 Å². The van der Waals surface area contributed by atoms with Crippen LogP contribution in [0, 0.1) is 5.92 Å². The summed E-state index contributed by atoms with van der Waals surface area (Å²) in [7, 11) is -2.24. The molecule has 0 aliphatic rings. The number of carbonyl (C=O) groups excluding carboxylic acids is 1. The minimum Gasteiger partial charge on any atom is -0.294 e. The number of hydrogen-bond acceptors (Lipinski definition) is 3. The molecule has 1 aromatic carbocycles. The summed E-state index contributed by atoms with van der Waals surface area (Å²) in [6.07, 6.45) is 0. The van der Waals surface area contributed by atoms with E-state index in [9.17, 15) is 13.2 Å². The van der Waals surface area contributed by atoms with Gasteiger partial charge in [-0.05, 0) is 25.2 Å². The predicted octanol–water partition coefficient (Wildman–Crippen LogP) is 2.09. The van der Waals surface area contributed by atoms with Crippen LogP contribution in [-0.2, 0) is 10.0 Å². The van der Waals surface area contributed by atoms with Gasteiger partial charge in [0.25, 0.3) is 0 Å². The van der Waals surface area contributed by atoms with E-state index in [1.54, 1.807) is 13.8 Å². The van der Waals surface area contributed by atoms with Gasteiger partial charge >= 0.3 is 0 Å². The minimum atomic E-state index is -3.56. The fourth-order valence-corrected chi connectivity index (χ4v) is 2.26. The van der Waals surface area contributed by atoms with Gasteiger partial charge in [0.1, 0.15) is 0 Å². The quantitative estimate of drug-likeness (QED) is 0.856. The van der Waals surface area contributed by atoms with Crippen molar-refractivity contribution in [1.82, 2.24) is 4.72 Å². The molecule has 6 heteroatoms. The van der Waals surface area contributed by atoms with E-state index in [1.807, 2.05) is 0 Å². The summed E-state index contributed by atoms with van der Waals surface area (Å²) >= 11 is 5.89. The molecule has 1 N–H and O–H groups in total. The highest BCUT2D eigenvalue weighted by atomic mass is 35.5. The van der Waals surface area contributed by atoms with Crippen molar-refractivity contribution in [3.05, 3.63) is 28.8 Å². The lowest BCUT2D eigenvalue weighted by atomic mass is 10.0. The van der Waals surface area contributed by atoms with Crippen LogP contribution in [0.5, 0.6) is 0 Å². The maximum atomic E-state index is 11.8. The average molecular weight is 276 g/mol. The normalized spacial score (nSPS) is 11.8. The van der Waals surface area contributed by atoms with Gasteiger partial charge in [-0.3, -0.25) is 4.79 Å². The summed E-state index contributed by atoms with van der Waals surface area (Å²) in [5.74, 6) is -0.414. The summed E-state index contributed by atoms with van der Waals surface area (Å²) in [6, 6.07) is 4.09. The Balaban J connectivity index is 3.35. The van der Waals surface area contributed by atoms with Crippen LogP contribution in [0.4, 0.5) is 0 Å². The number of sulfonamides is 1. The van der Waals surface area contributed by atoms with E-state index in [0.29, 0.717) is 0 Å². The standard InChI is InChI=1S/C11H14ClNO3S/c1-7(2)11(14)9-6-8(4-5-10(9)12)17(15,16)13-3/h4-7,13H,1-3H3. The molecular formula is C11H14ClNO3S. The largest absolute Gasteiger partial charge is 0.294 e. The average Bonchev–Trinajstić information content (AvgIpc) is 2.28. The lowest BCUT2D eigenvalue weighted by molar-refractivity contribution is 0.0939. The molecule has 94 valence electrons. The molecule has 0 atom stereocenters. The third-order valence-corrected chi connectivity index (χ3v) is 4.05. The number of rotatable bonds is 4. The number of hydrogen-bond donors (Lipinski definition) is 1. The summed E-state index contributed by atoms with van der Waals surface area (Å²) in [4.78, 5) is 11.9. The van der Waals surface area contributed by atoms with Gasteiger partial charge in [0.2, 0.25) is 10.0 Å². The van der Waals surface area contributed by atoms with Crippen molar-refractivity contribution >= 4 is 27.4 Å². The van der Waals surface area contributed by atoms with Crippen LogP contribution in [0.1, 0.15) is 24.2 Å². The van der Waals surface area contributed by atoms with Crippen LogP contribution in [0.15, 0.2) is 23.1 Å². The van der Waals surface area contributed by atoms with E-state index in [2.05, 4.69) is 4.72 Å². The zero-order valence-corrected chi connectivity index (χ0v) is 11.4. The lowest BCUT2D eigenvalue weighted by Crippen LogP contribution is -2.19. The summed E-state index contributed by atoms with van der Waals surface area (Å²) in [5.41, 5.74) is 0.234. The second kappa shape index (κ2) is 5.16. The first kappa shape index (κ1) is 14.2. The van der Waals surface area contributed by atoms with Crippen LogP contribution >= 0.6 is 11.6 Å². The highest BCUT2D eigenvalue weighted by Gasteiger charge is 2.18. The second-order valence-corrected chi connectivity index (χ2v) is 6.16. The van der Waals surface area contributed by atoms with Crippen LogP contribution in [0.25, 0.3) is 0 Å². The number of halogens is 1. The van der Waals surface area contributed by atoms with Gasteiger partial charge in [0.15, 0.2) is 5.78 Å². The molecule has 0 amide bonds. The van der Waals surface area contributed by atoms with E-state index in [0.717, 1.165) is 0 Å². The Morgan fingerprint density at radius 1 is 1.35 bits per heavy atom. The molecule has 0 radical (unpaired) electrons. The van der Waals surface area contributed by atoms with Crippen LogP contribution in [0.3, 0.4) is 0 Å². The highest BCUT2D eigenvalue weighted by Crippen LogP contribution is 2.23. The molecule has 0 aliphatic heterocycles. The van der Waals surface area contributed by atoms with E-state index < -0.39 is 10.0 Å². The van der Waals surface area contributed by atoms with Crippen LogP contribution in [-0.4, -0.2) is 21.2 Å². The molecule has 0 bridgehead atoms. The smallest absolute Gasteiger partial charge is 0.240 e. The third-order valence-electron chi connectivity index (χ3n) is 2.31. The van der Waals surface area contributed by atoms with Gasteiger partial charge in [0.05, 0.1) is 9.92 Å². The van der Waals surface area contributed by atoms with Crippen molar-refractivity contribution in [2.45, 2.75) is 18.7 Å². The van der Waals surface area contributed by atoms with Crippen molar-refractivity contribution in [3.63, 3.8) is 0 Å². The molecular weight excluding hydrogens is 262 g/mol. The lowest BCUT2D eigenvalue weighted by Gasteiger charge is -2.09. The Morgan fingerprint density at radius 3 is 2.41 bits per heavy atom. The number of nitrogens with one attached hydrogen (secondary N) is 1. The van der Waals surface area contributed by atoms with Crippen molar-refractivity contribution < 1.29 is 13.2 Å². The Hall–Kier alpha value is -0.910. The van der Waals surface area contributed by atoms with Gasteiger partial charge in [0, 0.05) is 11.5 Å². The Bertz CT molecular complexity index is 538. The third kappa shape index (κ3) is 3.06. The number of carbonyl (C=O) groups is 1. The van der Waals surface area contributed by atoms with Crippen molar-refractivity contribution in [1.29, 1.82) is 0 Å². The number of Topliss-reactive ketones (excluding diaryl/α,β-unsaturated/α-hetero) is 1. The Labute approximate surface area is 106 Å². The van der Waals surface area contributed by atoms with E-state index in [-0.39, 0.29) is 27.2 Å². The van der Waals surface area contributed by atoms with E-state index in [4.69, 9.17) is 11.6 Å². The molecule has 0 fully saturated rings. The Morgan fingerprint density at radius 2 is 1.94 bits per heavy atom. The van der Waals surface area contributed by atoms with Crippen LogP contribution in [0.2, 0.25) is 5.02 Å². The molecule has 1 rings (SSSR count). The van der Waals surface area contributed by atoms with Gasteiger partial charge in [-0.15, -0.1) is 0 Å². The van der Waals surface area contributed by atoms with Crippen molar-refractivity contribution in [2.24, 2.45) is 5.92 Å². The molecule has 1 aromatic rings. The molecule has 0 heterocycles. The molecule has 0 aromatic heterocycles. The predicted molar refractivity (Wildman–Crippen MR) is 66.9 cm³/mol. The topological polar surface area (TPSA) is 63.2 Å². The zero-order valence-electron chi connectivity index (χ0n) is 9.82. The maximum absolute atomic E-state index is 11.8. The summed E-state index contributed by atoms with van der Waals surface area (Å²) < 4.78 is 25.4. The zero-order chi connectivity index (χ0) is 13.2. The van der Waals surface area contributed by atoms with Gasteiger partial charge in [-0.1, -0.05) is 25.4 Å². The molecule has 0 saturated carbocycles. The first-order valence-electron chi connectivity index (χ1n) is 5.07. The van der Waals surface area contributed by atoms with Crippen molar-refractivity contribution in [3.8, 4) is 0 Å². The number of benzene rings is 1. The molecule has 0 spiro atoms. The molecule has 17 heavy (non-hydrogen) atoms. The molecule has 4 nitrogen and oxygen atoms in total. The SMILES string of the molecule is CNS(=O)(=O)c1ccc(Cl)c(C(=O)C(C)C)c1. The molecule has 0 saturated heterocycles. The summed E-state index contributed by atoms with van der Waals surface area (Å²) in [6.45, 7) is 3.47. The molecule has 0 unspecified atom stereocenters. The maximum Gasteiger partial charge on any atom is 0.240 e. The highest BCUT2D eigenvalue weighted by molar-refractivity contribution is 7.89. The fraction of sp³-hybridized carbons (Fsp3) is 0.364. The van der Waals surface area contributed by atoms with E-state index >= 15 is 0 Å². The van der Waals surface area contributed by atoms with Crippen LogP contribution < -0.4 is 4.72 Å². The van der Waals surface area contributed by atoms with Crippen molar-refractivity contribution in [2.75, 3.05) is 7.05 Å². The monoisotopic (exact) mass is 275 g/mol. The second-order valence-electron chi connectivity index (χ2n) is 3.87.